The van der Waals surface area contributed by atoms with Crippen LogP contribution in [-0.2, 0) is 57.6 Å². The van der Waals surface area contributed by atoms with Crippen molar-refractivity contribution in [3.05, 3.63) is 108 Å². The molecule has 2 heterocycles. The molecule has 0 aliphatic carbocycles. The molecule has 1 aliphatic rings. The monoisotopic (exact) mass is 1060 g/mol. The van der Waals surface area contributed by atoms with Gasteiger partial charge in [0.1, 0.15) is 48.0 Å². The summed E-state index contributed by atoms with van der Waals surface area (Å²) in [6, 6.07) is 14.3. The summed E-state index contributed by atoms with van der Waals surface area (Å²) in [4.78, 5) is 123. The topological polar surface area (TPSA) is 358 Å². The lowest BCUT2D eigenvalue weighted by atomic mass is 9.98. The zero-order chi connectivity index (χ0) is 56.2. The number of phenols is 1. The van der Waals surface area contributed by atoms with Crippen LogP contribution in [0.4, 0.5) is 0 Å². The number of H-pyrrole nitrogens is 1. The molecule has 3 aromatic carbocycles. The molecule has 1 saturated heterocycles. The second-order valence-electron chi connectivity index (χ2n) is 19.7. The van der Waals surface area contributed by atoms with Crippen molar-refractivity contribution < 1.29 is 48.6 Å². The van der Waals surface area contributed by atoms with Crippen molar-refractivity contribution in [2.45, 2.75) is 115 Å². The quantitative estimate of drug-likeness (QED) is 0.0208. The van der Waals surface area contributed by atoms with Crippen LogP contribution in [0.1, 0.15) is 70.2 Å². The molecule has 14 N–H and O–H groups in total. The fourth-order valence-corrected chi connectivity index (χ4v) is 8.84. The van der Waals surface area contributed by atoms with E-state index in [1.54, 1.807) is 59.0 Å². The van der Waals surface area contributed by atoms with Gasteiger partial charge in [0, 0.05) is 44.2 Å². The van der Waals surface area contributed by atoms with E-state index in [0.717, 1.165) is 11.1 Å². The second kappa shape index (κ2) is 29.1. The number of carboxylic acids is 1. The Kier molecular flexibility index (Phi) is 22.5. The van der Waals surface area contributed by atoms with Gasteiger partial charge in [-0.15, -0.1) is 0 Å². The minimum absolute atomic E-state index is 0.0195. The molecule has 414 valence electrons. The number of guanidine groups is 1. The van der Waals surface area contributed by atoms with Gasteiger partial charge < -0.3 is 68.8 Å². The summed E-state index contributed by atoms with van der Waals surface area (Å²) in [6.45, 7) is 6.94. The van der Waals surface area contributed by atoms with Crippen LogP contribution >= 0.6 is 0 Å². The largest absolute Gasteiger partial charge is 0.508 e. The number of aliphatic carboxylic acids is 1. The summed E-state index contributed by atoms with van der Waals surface area (Å²) < 4.78 is 0. The van der Waals surface area contributed by atoms with Gasteiger partial charge in [0.15, 0.2) is 5.96 Å². The maximum Gasteiger partial charge on any atom is 0.326 e. The van der Waals surface area contributed by atoms with Gasteiger partial charge in [0.25, 0.3) is 0 Å². The third-order valence-electron chi connectivity index (χ3n) is 13.0. The van der Waals surface area contributed by atoms with Crippen LogP contribution in [-0.4, -0.2) is 147 Å². The molecule has 4 aromatic rings. The van der Waals surface area contributed by atoms with Crippen molar-refractivity contribution in [2.75, 3.05) is 26.7 Å². The standard InChI is InChI=1S/C54H73N13O10/c1-31(2)45(65-47(70)39(61-44(69)29-57-5)13-9-23-59-54(55)56)50(73)62-40(25-34-17-21-38(68)22-18-34)48(71)66-46(32(3)4)51(74)63-41(27-37-28-58-30-60-37)52(75)67-24-10-14-43(67)49(72)64-42(53(76)77)26-33-15-19-36(20-16-33)35-11-7-6-8-12-35/h6-8,11-12,15-22,28,30-32,39-43,45-46,57,68H,9-10,13-14,23-27,29H2,1-5H3,(H,58,60)(H,61,69)(H,62,73)(H,63,74)(H,64,72)(H,65,70)(H,66,71)(H,76,77)(H4,55,56,59)/t39-,40-,41-,42-,43+,45-,46-/m0/s1. The summed E-state index contributed by atoms with van der Waals surface area (Å²) in [5.41, 5.74) is 14.5. The number of carbonyl (C=O) groups excluding carboxylic acids is 7. The molecule has 0 spiro atoms. The van der Waals surface area contributed by atoms with Crippen LogP contribution in [0.5, 0.6) is 5.75 Å². The number of likely N-dealkylation sites (N-methyl/N-ethyl adjacent to an activating group) is 1. The molecule has 5 rings (SSSR count). The number of benzene rings is 3. The lowest BCUT2D eigenvalue weighted by molar-refractivity contribution is -0.145. The van der Waals surface area contributed by atoms with Crippen molar-refractivity contribution in [1.82, 2.24) is 52.1 Å². The van der Waals surface area contributed by atoms with Crippen molar-refractivity contribution in [3.63, 3.8) is 0 Å². The van der Waals surface area contributed by atoms with E-state index in [1.165, 1.54) is 29.6 Å². The van der Waals surface area contributed by atoms with E-state index in [2.05, 4.69) is 52.2 Å². The molecule has 0 radical (unpaired) electrons. The number of nitrogens with two attached hydrogens (primary N) is 2. The van der Waals surface area contributed by atoms with Crippen LogP contribution in [0.25, 0.3) is 11.1 Å². The Labute approximate surface area is 447 Å². The van der Waals surface area contributed by atoms with Crippen molar-refractivity contribution in [3.8, 4) is 16.9 Å². The van der Waals surface area contributed by atoms with Crippen molar-refractivity contribution >= 4 is 53.3 Å². The first-order valence-corrected chi connectivity index (χ1v) is 25.7. The maximum absolute atomic E-state index is 14.6. The molecular formula is C54H73N13O10. The highest BCUT2D eigenvalue weighted by Gasteiger charge is 2.41. The third kappa shape index (κ3) is 18.2. The van der Waals surface area contributed by atoms with Gasteiger partial charge in [-0.25, -0.2) is 9.78 Å². The fourth-order valence-electron chi connectivity index (χ4n) is 8.84. The Balaban J connectivity index is 1.33. The smallest absolute Gasteiger partial charge is 0.326 e. The number of likely N-dealkylation sites (tertiary alicyclic amines) is 1. The third-order valence-corrected chi connectivity index (χ3v) is 13.0. The zero-order valence-electron chi connectivity index (χ0n) is 44.1. The predicted octanol–water partition coefficient (Wildman–Crippen LogP) is 0.380. The number of hydrogen-bond acceptors (Lipinski definition) is 12. The predicted molar refractivity (Wildman–Crippen MR) is 287 cm³/mol. The number of nitrogens with one attached hydrogen (secondary N) is 8. The van der Waals surface area contributed by atoms with Gasteiger partial charge in [-0.1, -0.05) is 94.4 Å². The highest BCUT2D eigenvalue weighted by molar-refractivity contribution is 5.98. The molecule has 7 atom stereocenters. The van der Waals surface area contributed by atoms with Crippen LogP contribution in [0.3, 0.4) is 0 Å². The molecule has 0 saturated carbocycles. The van der Waals surface area contributed by atoms with Crippen LogP contribution in [0.15, 0.2) is 96.4 Å². The Bertz CT molecular complexity index is 2640. The highest BCUT2D eigenvalue weighted by Crippen LogP contribution is 2.23. The SMILES string of the molecule is CNCC(=O)N[C@@H](CCCN=C(N)N)C(=O)N[C@H](C(=O)N[C@@H](Cc1ccc(O)cc1)C(=O)N[C@H](C(=O)N[C@@H](Cc1cnc[nH]1)C(=O)N1CCC[C@@H]1C(=O)N[C@@H](Cc1ccc(-c2ccccc2)cc1)C(=O)O)C(C)C)C(C)C. The number of carboxylic acid groups (broad SMARTS) is 1. The Morgan fingerprint density at radius 2 is 1.27 bits per heavy atom. The number of rotatable bonds is 28. The molecule has 1 aromatic heterocycles. The van der Waals surface area contributed by atoms with Crippen molar-refractivity contribution in [2.24, 2.45) is 28.3 Å². The second-order valence-corrected chi connectivity index (χ2v) is 19.7. The molecule has 23 heteroatoms. The number of hydrogen-bond donors (Lipinski definition) is 12. The van der Waals surface area contributed by atoms with Crippen LogP contribution in [0, 0.1) is 11.8 Å². The number of nitrogens with zero attached hydrogens (tertiary/aromatic N) is 3. The Hall–Kier alpha value is -8.34. The average Bonchev–Trinajstić information content (AvgIpc) is 4.12. The van der Waals surface area contributed by atoms with E-state index in [4.69, 9.17) is 11.5 Å². The van der Waals surface area contributed by atoms with Gasteiger partial charge in [0.05, 0.1) is 12.9 Å². The molecule has 77 heavy (non-hydrogen) atoms. The summed E-state index contributed by atoms with van der Waals surface area (Å²) >= 11 is 0. The molecule has 7 amide bonds. The van der Waals surface area contributed by atoms with Gasteiger partial charge >= 0.3 is 5.97 Å². The van der Waals surface area contributed by atoms with Gasteiger partial charge in [-0.05, 0) is 79.0 Å². The van der Waals surface area contributed by atoms with E-state index < -0.39 is 101 Å². The van der Waals surface area contributed by atoms with Crippen LogP contribution in [0.2, 0.25) is 0 Å². The normalized spacial score (nSPS) is 15.5. The number of aromatic hydroxyl groups is 1. The number of carbonyl (C=O) groups is 8. The molecule has 0 unspecified atom stereocenters. The number of amides is 7. The first-order chi connectivity index (χ1) is 36.7. The molecule has 0 bridgehead atoms. The molecule has 23 nitrogen and oxygen atoms in total. The maximum atomic E-state index is 14.6. The summed E-state index contributed by atoms with van der Waals surface area (Å²) in [5.74, 6) is -7.31. The molecular weight excluding hydrogens is 991 g/mol. The summed E-state index contributed by atoms with van der Waals surface area (Å²) in [5, 5.41) is 39.3. The minimum Gasteiger partial charge on any atom is -0.508 e. The summed E-state index contributed by atoms with van der Waals surface area (Å²) in [6.07, 6.45) is 3.72. The van der Waals surface area contributed by atoms with Crippen molar-refractivity contribution in [1.29, 1.82) is 0 Å². The summed E-state index contributed by atoms with van der Waals surface area (Å²) in [7, 11) is 1.57. The highest BCUT2D eigenvalue weighted by atomic mass is 16.4. The van der Waals surface area contributed by atoms with E-state index in [9.17, 15) is 48.6 Å². The number of aliphatic imine (C=N–C) groups is 1. The first-order valence-electron chi connectivity index (χ1n) is 25.7. The van der Waals surface area contributed by atoms with Gasteiger partial charge in [-0.2, -0.15) is 0 Å². The van der Waals surface area contributed by atoms with E-state index >= 15 is 0 Å². The first kappa shape index (κ1) is 59.5. The lowest BCUT2D eigenvalue weighted by Gasteiger charge is -2.31. The van der Waals surface area contributed by atoms with E-state index in [1.807, 2.05) is 42.5 Å². The van der Waals surface area contributed by atoms with E-state index in [-0.39, 0.29) is 63.4 Å². The zero-order valence-corrected chi connectivity index (χ0v) is 44.1. The number of phenolic OH excluding ortho intramolecular Hbond substituents is 1. The fraction of sp³-hybridized carbons (Fsp3) is 0.444. The number of imidazole rings is 1. The number of aromatic amines is 1. The van der Waals surface area contributed by atoms with Gasteiger partial charge in [0.2, 0.25) is 41.4 Å². The van der Waals surface area contributed by atoms with E-state index in [0.29, 0.717) is 29.7 Å². The molecule has 1 fully saturated rings. The molecule has 1 aliphatic heterocycles. The minimum atomic E-state index is -1.36. The van der Waals surface area contributed by atoms with Gasteiger partial charge in [-0.3, -0.25) is 38.6 Å². The van der Waals surface area contributed by atoms with Crippen LogP contribution < -0.4 is 48.7 Å². The lowest BCUT2D eigenvalue weighted by Crippen LogP contribution is -2.61. The Morgan fingerprint density at radius 1 is 0.701 bits per heavy atom. The Morgan fingerprint density at radius 3 is 1.83 bits per heavy atom. The number of aromatic nitrogens is 2. The average molecular weight is 1060 g/mol.